The lowest BCUT2D eigenvalue weighted by molar-refractivity contribution is 0.180. The monoisotopic (exact) mass is 224 g/mol. The number of nitrogens with zero attached hydrogens (tertiary/aromatic N) is 1. The highest BCUT2D eigenvalue weighted by atomic mass is 32.1. The largest absolute Gasteiger partial charge is 0.379 e. The molecule has 4 heteroatoms. The Morgan fingerprint density at radius 3 is 3.13 bits per heavy atom. The average molecular weight is 224 g/mol. The Hall–Kier alpha value is -0.450. The first kappa shape index (κ1) is 9.75. The molecule has 2 aliphatic rings. The van der Waals surface area contributed by atoms with Gasteiger partial charge in [-0.3, -0.25) is 4.98 Å². The van der Waals surface area contributed by atoms with Crippen LogP contribution in [0.25, 0.3) is 0 Å². The van der Waals surface area contributed by atoms with Gasteiger partial charge >= 0.3 is 0 Å². The van der Waals surface area contributed by atoms with E-state index in [0.29, 0.717) is 6.04 Å². The van der Waals surface area contributed by atoms with Gasteiger partial charge in [-0.25, -0.2) is 0 Å². The van der Waals surface area contributed by atoms with Crippen LogP contribution in [0.3, 0.4) is 0 Å². The molecule has 0 bridgehead atoms. The summed E-state index contributed by atoms with van der Waals surface area (Å²) in [6.45, 7) is 2.80. The van der Waals surface area contributed by atoms with Gasteiger partial charge in [-0.1, -0.05) is 0 Å². The van der Waals surface area contributed by atoms with Crippen molar-refractivity contribution in [2.45, 2.75) is 25.4 Å². The zero-order valence-corrected chi connectivity index (χ0v) is 9.50. The molecule has 82 valence electrons. The normalized spacial score (nSPS) is 30.9. The Kier molecular flexibility index (Phi) is 2.73. The van der Waals surface area contributed by atoms with Gasteiger partial charge in [0.25, 0.3) is 0 Å². The maximum atomic E-state index is 5.57. The van der Waals surface area contributed by atoms with Gasteiger partial charge in [0.15, 0.2) is 0 Å². The number of hydrogen-bond donors (Lipinski definition) is 1. The Labute approximate surface area is 93.9 Å². The maximum absolute atomic E-state index is 5.57. The summed E-state index contributed by atoms with van der Waals surface area (Å²) in [7, 11) is 0. The van der Waals surface area contributed by atoms with E-state index < -0.39 is 0 Å². The lowest BCUT2D eigenvalue weighted by Crippen LogP contribution is -2.35. The van der Waals surface area contributed by atoms with Crippen LogP contribution in [0.5, 0.6) is 0 Å². The summed E-state index contributed by atoms with van der Waals surface area (Å²) in [5.74, 6) is 1.70. The zero-order chi connectivity index (χ0) is 10.1. The Morgan fingerprint density at radius 1 is 1.47 bits per heavy atom. The van der Waals surface area contributed by atoms with Gasteiger partial charge in [-0.05, 0) is 18.8 Å². The minimum Gasteiger partial charge on any atom is -0.379 e. The lowest BCUT2D eigenvalue weighted by Gasteiger charge is -2.17. The van der Waals surface area contributed by atoms with Crippen LogP contribution in [-0.2, 0) is 11.3 Å². The molecular weight excluding hydrogens is 208 g/mol. The topological polar surface area (TPSA) is 34.2 Å². The minimum absolute atomic E-state index is 0.569. The molecule has 3 nitrogen and oxygen atoms in total. The van der Waals surface area contributed by atoms with E-state index in [4.69, 9.17) is 4.74 Å². The molecule has 15 heavy (non-hydrogen) atoms. The van der Waals surface area contributed by atoms with Crippen LogP contribution < -0.4 is 5.32 Å². The summed E-state index contributed by atoms with van der Waals surface area (Å²) in [6.07, 6.45) is 4.76. The van der Waals surface area contributed by atoms with E-state index >= 15 is 0 Å². The second kappa shape index (κ2) is 4.20. The summed E-state index contributed by atoms with van der Waals surface area (Å²) in [5.41, 5.74) is 1.89. The molecule has 2 unspecified atom stereocenters. The standard InChI is InChI=1S/C11H16N2OS/c1-2-8(1)10-5-14-6-11(10)13-4-9-3-12-7-15-9/h3,7-8,10-11,13H,1-2,4-6H2. The number of thiazole rings is 1. The molecule has 2 heterocycles. The van der Waals surface area contributed by atoms with Crippen LogP contribution >= 0.6 is 11.3 Å². The third kappa shape index (κ3) is 2.22. The van der Waals surface area contributed by atoms with Crippen LogP contribution in [0.15, 0.2) is 11.7 Å². The first-order chi connectivity index (χ1) is 7.43. The second-order valence-corrected chi connectivity index (χ2v) is 5.46. The molecule has 0 radical (unpaired) electrons. The molecule has 3 rings (SSSR count). The molecule has 0 aromatic carbocycles. The van der Waals surface area contributed by atoms with Crippen LogP contribution in [-0.4, -0.2) is 24.2 Å². The van der Waals surface area contributed by atoms with Crippen molar-refractivity contribution in [1.82, 2.24) is 10.3 Å². The highest BCUT2D eigenvalue weighted by molar-refractivity contribution is 7.09. The molecule has 1 saturated heterocycles. The molecule has 1 aliphatic heterocycles. The first-order valence-corrected chi connectivity index (χ1v) is 6.50. The first-order valence-electron chi connectivity index (χ1n) is 5.62. The highest BCUT2D eigenvalue weighted by Gasteiger charge is 2.39. The fraction of sp³-hybridized carbons (Fsp3) is 0.727. The Balaban J connectivity index is 1.53. The molecular formula is C11H16N2OS. The molecule has 1 aromatic heterocycles. The van der Waals surface area contributed by atoms with Crippen molar-refractivity contribution in [2.75, 3.05) is 13.2 Å². The van der Waals surface area contributed by atoms with Gasteiger partial charge in [-0.2, -0.15) is 0 Å². The van der Waals surface area contributed by atoms with E-state index in [0.717, 1.165) is 31.6 Å². The third-order valence-corrected chi connectivity index (χ3v) is 4.15. The fourth-order valence-electron chi connectivity index (χ4n) is 2.33. The SMILES string of the molecule is c1ncc(CNC2COCC2C2CC2)s1. The molecule has 0 spiro atoms. The minimum atomic E-state index is 0.569. The van der Waals surface area contributed by atoms with E-state index in [1.165, 1.54) is 17.7 Å². The summed E-state index contributed by atoms with van der Waals surface area (Å²) in [4.78, 5) is 5.40. The van der Waals surface area contributed by atoms with Crippen molar-refractivity contribution in [3.63, 3.8) is 0 Å². The Morgan fingerprint density at radius 2 is 2.40 bits per heavy atom. The van der Waals surface area contributed by atoms with Crippen molar-refractivity contribution in [3.05, 3.63) is 16.6 Å². The lowest BCUT2D eigenvalue weighted by atomic mass is 9.98. The highest BCUT2D eigenvalue weighted by Crippen LogP contribution is 2.40. The molecule has 1 N–H and O–H groups in total. The summed E-state index contributed by atoms with van der Waals surface area (Å²) in [5, 5.41) is 3.60. The molecule has 1 aliphatic carbocycles. The summed E-state index contributed by atoms with van der Waals surface area (Å²) in [6, 6.07) is 0.569. The summed E-state index contributed by atoms with van der Waals surface area (Å²) >= 11 is 1.72. The van der Waals surface area contributed by atoms with Gasteiger partial charge in [0.05, 0.1) is 18.7 Å². The molecule has 0 amide bonds. The number of rotatable bonds is 4. The smallest absolute Gasteiger partial charge is 0.0794 e. The van der Waals surface area contributed by atoms with Crippen molar-refractivity contribution >= 4 is 11.3 Å². The van der Waals surface area contributed by atoms with E-state index in [-0.39, 0.29) is 0 Å². The summed E-state index contributed by atoms with van der Waals surface area (Å²) < 4.78 is 5.57. The van der Waals surface area contributed by atoms with Crippen molar-refractivity contribution in [2.24, 2.45) is 11.8 Å². The third-order valence-electron chi connectivity index (χ3n) is 3.37. The van der Waals surface area contributed by atoms with E-state index in [9.17, 15) is 0 Å². The van der Waals surface area contributed by atoms with Crippen LogP contribution in [0, 0.1) is 11.8 Å². The molecule has 2 fully saturated rings. The van der Waals surface area contributed by atoms with Crippen LogP contribution in [0.2, 0.25) is 0 Å². The van der Waals surface area contributed by atoms with Gasteiger partial charge in [-0.15, -0.1) is 11.3 Å². The van der Waals surface area contributed by atoms with Gasteiger partial charge < -0.3 is 10.1 Å². The molecule has 2 atom stereocenters. The van der Waals surface area contributed by atoms with E-state index in [1.54, 1.807) is 11.3 Å². The number of nitrogens with one attached hydrogen (secondary N) is 1. The molecule has 1 saturated carbocycles. The number of aromatic nitrogens is 1. The zero-order valence-electron chi connectivity index (χ0n) is 8.69. The average Bonchev–Trinajstić information content (AvgIpc) is 2.81. The van der Waals surface area contributed by atoms with Crippen molar-refractivity contribution in [1.29, 1.82) is 0 Å². The number of ether oxygens (including phenoxy) is 1. The predicted molar refractivity (Wildman–Crippen MR) is 59.8 cm³/mol. The van der Waals surface area contributed by atoms with Crippen molar-refractivity contribution in [3.8, 4) is 0 Å². The second-order valence-electron chi connectivity index (χ2n) is 4.49. The number of hydrogen-bond acceptors (Lipinski definition) is 4. The predicted octanol–water partition coefficient (Wildman–Crippen LogP) is 1.66. The van der Waals surface area contributed by atoms with Crippen LogP contribution in [0.1, 0.15) is 17.7 Å². The van der Waals surface area contributed by atoms with E-state index in [1.807, 2.05) is 11.7 Å². The van der Waals surface area contributed by atoms with Crippen LogP contribution in [0.4, 0.5) is 0 Å². The quantitative estimate of drug-likeness (QED) is 0.844. The van der Waals surface area contributed by atoms with Gasteiger partial charge in [0.1, 0.15) is 0 Å². The van der Waals surface area contributed by atoms with Gasteiger partial charge in [0.2, 0.25) is 0 Å². The fourth-order valence-corrected chi connectivity index (χ4v) is 2.88. The van der Waals surface area contributed by atoms with Gasteiger partial charge in [0, 0.05) is 29.6 Å². The molecule has 1 aromatic rings. The maximum Gasteiger partial charge on any atom is 0.0794 e. The van der Waals surface area contributed by atoms with Crippen molar-refractivity contribution < 1.29 is 4.74 Å². The van der Waals surface area contributed by atoms with E-state index in [2.05, 4.69) is 10.3 Å². The Bertz CT molecular complexity index is 310.